The average molecular weight is 475 g/mol. The molecule has 0 radical (unpaired) electrons. The normalized spacial score (nSPS) is 21.5. The van der Waals surface area contributed by atoms with Crippen molar-refractivity contribution in [3.05, 3.63) is 36.4 Å². The molecule has 0 aromatic carbocycles. The van der Waals surface area contributed by atoms with E-state index in [0.717, 1.165) is 61.7 Å². The molecule has 1 aliphatic carbocycles. The van der Waals surface area contributed by atoms with Gasteiger partial charge in [0.1, 0.15) is 17.2 Å². The van der Waals surface area contributed by atoms with Gasteiger partial charge in [-0.25, -0.2) is 9.67 Å². The van der Waals surface area contributed by atoms with Crippen LogP contribution in [-0.2, 0) is 0 Å². The second-order valence-corrected chi connectivity index (χ2v) is 10.2. The molecule has 6 rings (SSSR count). The van der Waals surface area contributed by atoms with Crippen LogP contribution < -0.4 is 15.1 Å². The van der Waals surface area contributed by atoms with Crippen LogP contribution in [0.2, 0.25) is 0 Å². The Kier molecular flexibility index (Phi) is 6.28. The van der Waals surface area contributed by atoms with E-state index >= 15 is 0 Å². The van der Waals surface area contributed by atoms with Gasteiger partial charge in [0.05, 0.1) is 30.3 Å². The van der Waals surface area contributed by atoms with Crippen molar-refractivity contribution < 1.29 is 0 Å². The lowest BCUT2D eigenvalue weighted by Crippen LogP contribution is -2.46. The molecule has 0 spiro atoms. The van der Waals surface area contributed by atoms with E-state index in [1.165, 1.54) is 38.5 Å². The molecule has 1 N–H and O–H groups in total. The van der Waals surface area contributed by atoms with Gasteiger partial charge in [0, 0.05) is 32.2 Å². The summed E-state index contributed by atoms with van der Waals surface area (Å²) in [6, 6.07) is 4.61. The highest BCUT2D eigenvalue weighted by molar-refractivity contribution is 5.54. The molecule has 2 saturated heterocycles. The minimum Gasteiger partial charge on any atom is -0.355 e. The summed E-state index contributed by atoms with van der Waals surface area (Å²) in [5.74, 6) is 2.77. The van der Waals surface area contributed by atoms with Gasteiger partial charge >= 0.3 is 0 Å². The second kappa shape index (κ2) is 9.85. The smallest absolute Gasteiger partial charge is 0.151 e. The SMILES string of the molecule is CC(c1ccc(N2CCC[C@@H](NCC3CC3)C2)nn1)n1cc(-c2cncc(N3CCCC3)n2)nn1. The van der Waals surface area contributed by atoms with Crippen LogP contribution in [0.1, 0.15) is 57.2 Å². The fourth-order valence-corrected chi connectivity index (χ4v) is 5.03. The molecular weight excluding hydrogens is 440 g/mol. The number of nitrogens with one attached hydrogen (secondary N) is 1. The number of hydrogen-bond acceptors (Lipinski definition) is 9. The van der Waals surface area contributed by atoms with Gasteiger partial charge < -0.3 is 15.1 Å². The molecule has 3 aromatic heterocycles. The Morgan fingerprint density at radius 3 is 2.57 bits per heavy atom. The summed E-state index contributed by atoms with van der Waals surface area (Å²) in [5.41, 5.74) is 2.32. The van der Waals surface area contributed by atoms with E-state index in [-0.39, 0.29) is 6.04 Å². The van der Waals surface area contributed by atoms with E-state index in [1.807, 2.05) is 17.1 Å². The zero-order chi connectivity index (χ0) is 23.6. The minimum atomic E-state index is -0.0816. The summed E-state index contributed by atoms with van der Waals surface area (Å²) in [7, 11) is 0. The van der Waals surface area contributed by atoms with Gasteiger partial charge in [0.25, 0.3) is 0 Å². The molecule has 3 aromatic rings. The maximum Gasteiger partial charge on any atom is 0.151 e. The first-order valence-electron chi connectivity index (χ1n) is 13.0. The lowest BCUT2D eigenvalue weighted by Gasteiger charge is -2.34. The maximum absolute atomic E-state index is 4.77. The minimum absolute atomic E-state index is 0.0816. The third-order valence-corrected chi connectivity index (χ3v) is 7.46. The Bertz CT molecular complexity index is 1120. The van der Waals surface area contributed by atoms with Crippen molar-refractivity contribution in [3.8, 4) is 11.4 Å². The molecule has 1 unspecified atom stereocenters. The Balaban J connectivity index is 1.11. The van der Waals surface area contributed by atoms with Crippen molar-refractivity contribution in [2.75, 3.05) is 42.5 Å². The fraction of sp³-hybridized carbons (Fsp3) is 0.600. The van der Waals surface area contributed by atoms with Crippen LogP contribution in [0, 0.1) is 5.92 Å². The van der Waals surface area contributed by atoms with Gasteiger partial charge in [-0.2, -0.15) is 5.10 Å². The fourth-order valence-electron chi connectivity index (χ4n) is 5.03. The van der Waals surface area contributed by atoms with Crippen molar-refractivity contribution in [3.63, 3.8) is 0 Å². The first kappa shape index (κ1) is 22.3. The van der Waals surface area contributed by atoms with E-state index in [9.17, 15) is 0 Å². The average Bonchev–Trinajstić information content (AvgIpc) is 3.35. The third-order valence-electron chi connectivity index (χ3n) is 7.46. The quantitative estimate of drug-likeness (QED) is 0.528. The van der Waals surface area contributed by atoms with Gasteiger partial charge in [-0.3, -0.25) is 4.98 Å². The molecule has 3 fully saturated rings. The van der Waals surface area contributed by atoms with Crippen molar-refractivity contribution in [1.82, 2.24) is 40.5 Å². The largest absolute Gasteiger partial charge is 0.355 e. The summed E-state index contributed by atoms with van der Waals surface area (Å²) >= 11 is 0. The van der Waals surface area contributed by atoms with Crippen LogP contribution in [0.15, 0.2) is 30.7 Å². The Labute approximate surface area is 206 Å². The van der Waals surface area contributed by atoms with Crippen LogP contribution >= 0.6 is 0 Å². The molecule has 0 amide bonds. The number of nitrogens with zero attached hydrogens (tertiary/aromatic N) is 9. The summed E-state index contributed by atoms with van der Waals surface area (Å²) in [6.07, 6.45) is 13.1. The van der Waals surface area contributed by atoms with Crippen LogP contribution in [0.5, 0.6) is 0 Å². The molecular formula is C25H34N10. The maximum atomic E-state index is 4.77. The molecule has 2 atom stereocenters. The number of hydrogen-bond donors (Lipinski definition) is 1. The Hall–Kier alpha value is -3.14. The van der Waals surface area contributed by atoms with Gasteiger partial charge in [-0.05, 0) is 70.0 Å². The van der Waals surface area contributed by atoms with E-state index in [0.29, 0.717) is 11.7 Å². The zero-order valence-electron chi connectivity index (χ0n) is 20.4. The van der Waals surface area contributed by atoms with Gasteiger partial charge in [-0.1, -0.05) is 5.21 Å². The number of rotatable bonds is 8. The van der Waals surface area contributed by atoms with Crippen LogP contribution in [0.25, 0.3) is 11.4 Å². The molecule has 10 nitrogen and oxygen atoms in total. The molecule has 1 saturated carbocycles. The van der Waals surface area contributed by atoms with Crippen LogP contribution in [0.4, 0.5) is 11.6 Å². The first-order chi connectivity index (χ1) is 17.2. The summed E-state index contributed by atoms with van der Waals surface area (Å²) in [6.45, 7) is 7.33. The van der Waals surface area contributed by atoms with Crippen molar-refractivity contribution >= 4 is 11.6 Å². The molecule has 3 aliphatic rings. The van der Waals surface area contributed by atoms with E-state index in [2.05, 4.69) is 59.7 Å². The van der Waals surface area contributed by atoms with Gasteiger partial charge in [0.15, 0.2) is 5.82 Å². The molecule has 35 heavy (non-hydrogen) atoms. The summed E-state index contributed by atoms with van der Waals surface area (Å²) in [5, 5.41) is 21.6. The highest BCUT2D eigenvalue weighted by atomic mass is 15.4. The second-order valence-electron chi connectivity index (χ2n) is 10.2. The van der Waals surface area contributed by atoms with Crippen molar-refractivity contribution in [1.29, 1.82) is 0 Å². The number of aromatic nitrogens is 7. The molecule has 184 valence electrons. The van der Waals surface area contributed by atoms with E-state index in [4.69, 9.17) is 4.98 Å². The predicted octanol–water partition coefficient (Wildman–Crippen LogP) is 2.70. The lowest BCUT2D eigenvalue weighted by atomic mass is 10.1. The standard InChI is InChI=1S/C25H34N10/c1-18(35-17-23(30-32-35)22-14-26-15-25(28-22)33-10-2-3-11-33)21-8-9-24(31-29-21)34-12-4-5-20(16-34)27-13-19-6-7-19/h8-9,14-15,17-20,27H,2-7,10-13,16H2,1H3/t18?,20-/m1/s1. The van der Waals surface area contributed by atoms with Crippen molar-refractivity contribution in [2.24, 2.45) is 5.92 Å². The number of anilines is 2. The lowest BCUT2D eigenvalue weighted by molar-refractivity contribution is 0.414. The topological polar surface area (TPSA) is 101 Å². The molecule has 2 aliphatic heterocycles. The monoisotopic (exact) mass is 474 g/mol. The van der Waals surface area contributed by atoms with Crippen LogP contribution in [0.3, 0.4) is 0 Å². The van der Waals surface area contributed by atoms with Crippen molar-refractivity contribution in [2.45, 2.75) is 57.5 Å². The molecule has 10 heteroatoms. The van der Waals surface area contributed by atoms with E-state index in [1.54, 1.807) is 6.20 Å². The summed E-state index contributed by atoms with van der Waals surface area (Å²) < 4.78 is 1.82. The van der Waals surface area contributed by atoms with Crippen LogP contribution in [-0.4, -0.2) is 73.9 Å². The predicted molar refractivity (Wildman–Crippen MR) is 134 cm³/mol. The molecule has 0 bridgehead atoms. The van der Waals surface area contributed by atoms with Gasteiger partial charge in [0.2, 0.25) is 0 Å². The highest BCUT2D eigenvalue weighted by Crippen LogP contribution is 2.28. The first-order valence-corrected chi connectivity index (χ1v) is 13.0. The summed E-state index contributed by atoms with van der Waals surface area (Å²) in [4.78, 5) is 13.8. The highest BCUT2D eigenvalue weighted by Gasteiger charge is 2.25. The number of piperidine rings is 1. The van der Waals surface area contributed by atoms with Gasteiger partial charge in [-0.15, -0.1) is 10.2 Å². The van der Waals surface area contributed by atoms with E-state index < -0.39 is 0 Å². The third kappa shape index (κ3) is 5.12. The zero-order valence-corrected chi connectivity index (χ0v) is 20.4. The Morgan fingerprint density at radius 1 is 0.914 bits per heavy atom. The Morgan fingerprint density at radius 2 is 1.77 bits per heavy atom. The molecule has 5 heterocycles.